The minimum Gasteiger partial charge on any atom is -0.459 e. The summed E-state index contributed by atoms with van der Waals surface area (Å²) in [6, 6.07) is -0.340. The van der Waals surface area contributed by atoms with Gasteiger partial charge in [-0.15, -0.1) is 0 Å². The number of carbonyl (C=O) groups is 1. The van der Waals surface area contributed by atoms with Gasteiger partial charge in [-0.05, 0) is 52.5 Å². The molecule has 0 amide bonds. The van der Waals surface area contributed by atoms with Crippen LogP contribution in [0.5, 0.6) is 0 Å². The quantitative estimate of drug-likeness (QED) is 0.616. The standard InChI is InChI=1S/C19H37NO5/c1-7-16-19(5,24)17(22)14(4)20(6)9-8-15(21)11-12(2)10-13(3)18(23)25-16/h12-17,21-22,24H,7-11H2,1-6H3/t12-,13?,14?,15?,16+,17?,19+/m0/s1. The van der Waals surface area contributed by atoms with E-state index < -0.39 is 23.9 Å². The Labute approximate surface area is 152 Å². The molecule has 0 aliphatic carbocycles. The Morgan fingerprint density at radius 1 is 1.24 bits per heavy atom. The zero-order valence-electron chi connectivity index (χ0n) is 16.6. The monoisotopic (exact) mass is 359 g/mol. The highest BCUT2D eigenvalue weighted by Crippen LogP contribution is 2.28. The Morgan fingerprint density at radius 2 is 1.84 bits per heavy atom. The summed E-state index contributed by atoms with van der Waals surface area (Å²) in [5.41, 5.74) is -1.55. The number of ether oxygens (including phenoxy) is 1. The minimum absolute atomic E-state index is 0.203. The summed E-state index contributed by atoms with van der Waals surface area (Å²) < 4.78 is 5.57. The van der Waals surface area contributed by atoms with Gasteiger partial charge in [0.1, 0.15) is 17.8 Å². The van der Waals surface area contributed by atoms with Gasteiger partial charge in [-0.25, -0.2) is 0 Å². The normalized spacial score (nSPS) is 43.3. The molecule has 4 unspecified atom stereocenters. The summed E-state index contributed by atoms with van der Waals surface area (Å²) in [5.74, 6) is -0.472. The average molecular weight is 360 g/mol. The fourth-order valence-electron chi connectivity index (χ4n) is 3.73. The summed E-state index contributed by atoms with van der Waals surface area (Å²) in [5, 5.41) is 31.8. The number of aliphatic hydroxyl groups is 3. The highest BCUT2D eigenvalue weighted by atomic mass is 16.6. The molecule has 0 spiro atoms. The molecule has 0 aromatic carbocycles. The summed E-state index contributed by atoms with van der Waals surface area (Å²) in [6.07, 6.45) is -0.0114. The molecule has 1 saturated heterocycles. The highest BCUT2D eigenvalue weighted by molar-refractivity contribution is 5.72. The van der Waals surface area contributed by atoms with Crippen LogP contribution in [0.2, 0.25) is 0 Å². The van der Waals surface area contributed by atoms with Crippen molar-refractivity contribution in [1.29, 1.82) is 0 Å². The van der Waals surface area contributed by atoms with Crippen molar-refractivity contribution in [2.45, 2.75) is 90.3 Å². The van der Waals surface area contributed by atoms with Gasteiger partial charge in [0, 0.05) is 12.6 Å². The molecule has 1 aliphatic heterocycles. The lowest BCUT2D eigenvalue weighted by molar-refractivity contribution is -0.189. The van der Waals surface area contributed by atoms with Crippen molar-refractivity contribution in [3.8, 4) is 0 Å². The maximum Gasteiger partial charge on any atom is 0.309 e. The number of likely N-dealkylation sites (N-methyl/N-ethyl adjacent to an activating group) is 1. The summed E-state index contributed by atoms with van der Waals surface area (Å²) in [6.45, 7) is 9.65. The van der Waals surface area contributed by atoms with Crippen LogP contribution in [0.15, 0.2) is 0 Å². The molecule has 1 aliphatic rings. The summed E-state index contributed by atoms with van der Waals surface area (Å²) in [4.78, 5) is 14.4. The van der Waals surface area contributed by atoms with Gasteiger partial charge in [0.2, 0.25) is 0 Å². The van der Waals surface area contributed by atoms with E-state index in [1.54, 1.807) is 0 Å². The summed E-state index contributed by atoms with van der Waals surface area (Å²) in [7, 11) is 1.86. The predicted octanol–water partition coefficient (Wildman–Crippen LogP) is 1.56. The lowest BCUT2D eigenvalue weighted by atomic mass is 9.85. The fraction of sp³-hybridized carbons (Fsp3) is 0.947. The van der Waals surface area contributed by atoms with Crippen LogP contribution in [-0.2, 0) is 9.53 Å². The topological polar surface area (TPSA) is 90.2 Å². The Hall–Kier alpha value is -0.690. The van der Waals surface area contributed by atoms with Gasteiger partial charge in [0.15, 0.2) is 0 Å². The first-order chi connectivity index (χ1) is 11.5. The van der Waals surface area contributed by atoms with Crippen molar-refractivity contribution in [3.05, 3.63) is 0 Å². The number of cyclic esters (lactones) is 1. The van der Waals surface area contributed by atoms with E-state index in [0.717, 1.165) is 0 Å². The third kappa shape index (κ3) is 5.91. The third-order valence-electron chi connectivity index (χ3n) is 5.68. The van der Waals surface area contributed by atoms with Crippen LogP contribution in [0.4, 0.5) is 0 Å². The van der Waals surface area contributed by atoms with Gasteiger partial charge < -0.3 is 25.0 Å². The van der Waals surface area contributed by atoms with Gasteiger partial charge in [-0.2, -0.15) is 0 Å². The molecule has 1 rings (SSSR count). The molecular weight excluding hydrogens is 322 g/mol. The van der Waals surface area contributed by atoms with Crippen molar-refractivity contribution in [3.63, 3.8) is 0 Å². The SMILES string of the molecule is CC[C@H]1OC(=O)C(C)C[C@H](C)CC(O)CCN(C)C(C)C(O)[C@]1(C)O. The molecule has 148 valence electrons. The van der Waals surface area contributed by atoms with Crippen LogP contribution in [0.3, 0.4) is 0 Å². The van der Waals surface area contributed by atoms with Crippen LogP contribution in [0.25, 0.3) is 0 Å². The first-order valence-corrected chi connectivity index (χ1v) is 9.49. The van der Waals surface area contributed by atoms with E-state index in [-0.39, 0.29) is 23.8 Å². The first kappa shape index (κ1) is 22.4. The third-order valence-corrected chi connectivity index (χ3v) is 5.68. The second-order valence-corrected chi connectivity index (χ2v) is 8.15. The van der Waals surface area contributed by atoms with Gasteiger partial charge >= 0.3 is 5.97 Å². The molecule has 0 radical (unpaired) electrons. The minimum atomic E-state index is -1.55. The molecule has 1 heterocycles. The molecule has 6 heteroatoms. The van der Waals surface area contributed by atoms with E-state index >= 15 is 0 Å². The predicted molar refractivity (Wildman–Crippen MR) is 97.1 cm³/mol. The summed E-state index contributed by atoms with van der Waals surface area (Å²) >= 11 is 0. The number of hydrogen-bond acceptors (Lipinski definition) is 6. The smallest absolute Gasteiger partial charge is 0.309 e. The second kappa shape index (κ2) is 9.31. The first-order valence-electron chi connectivity index (χ1n) is 9.49. The number of nitrogens with zero attached hydrogens (tertiary/aromatic N) is 1. The number of esters is 1. The molecule has 0 bridgehead atoms. The van der Waals surface area contributed by atoms with E-state index in [2.05, 4.69) is 0 Å². The highest BCUT2D eigenvalue weighted by Gasteiger charge is 2.44. The van der Waals surface area contributed by atoms with Crippen molar-refractivity contribution >= 4 is 5.97 Å². The molecule has 25 heavy (non-hydrogen) atoms. The van der Waals surface area contributed by atoms with Crippen LogP contribution in [0.1, 0.15) is 60.3 Å². The molecule has 7 atom stereocenters. The maximum absolute atomic E-state index is 12.4. The van der Waals surface area contributed by atoms with Gasteiger partial charge in [-0.3, -0.25) is 4.79 Å². The zero-order chi connectivity index (χ0) is 19.4. The second-order valence-electron chi connectivity index (χ2n) is 8.15. The number of hydrogen-bond donors (Lipinski definition) is 3. The Morgan fingerprint density at radius 3 is 2.40 bits per heavy atom. The molecular formula is C19H37NO5. The van der Waals surface area contributed by atoms with Crippen molar-refractivity contribution in [1.82, 2.24) is 4.90 Å². The van der Waals surface area contributed by atoms with Gasteiger partial charge in [0.25, 0.3) is 0 Å². The van der Waals surface area contributed by atoms with Crippen LogP contribution in [-0.4, -0.2) is 69.7 Å². The van der Waals surface area contributed by atoms with E-state index in [4.69, 9.17) is 4.74 Å². The van der Waals surface area contributed by atoms with Crippen molar-refractivity contribution in [2.75, 3.05) is 13.6 Å². The number of aliphatic hydroxyl groups excluding tert-OH is 2. The van der Waals surface area contributed by atoms with Crippen LogP contribution < -0.4 is 0 Å². The fourth-order valence-corrected chi connectivity index (χ4v) is 3.73. The average Bonchev–Trinajstić information content (AvgIpc) is 2.54. The van der Waals surface area contributed by atoms with Gasteiger partial charge in [0.05, 0.1) is 12.0 Å². The van der Waals surface area contributed by atoms with E-state index in [0.29, 0.717) is 32.2 Å². The Kier molecular flexibility index (Phi) is 8.32. The van der Waals surface area contributed by atoms with E-state index in [9.17, 15) is 20.1 Å². The van der Waals surface area contributed by atoms with E-state index in [1.807, 2.05) is 39.6 Å². The maximum atomic E-state index is 12.4. The molecule has 3 N–H and O–H groups in total. The number of rotatable bonds is 1. The Bertz CT molecular complexity index is 428. The lowest BCUT2D eigenvalue weighted by Gasteiger charge is -2.41. The van der Waals surface area contributed by atoms with E-state index in [1.165, 1.54) is 6.92 Å². The van der Waals surface area contributed by atoms with Crippen LogP contribution in [0, 0.1) is 11.8 Å². The molecule has 0 saturated carbocycles. The Balaban J connectivity index is 3.07. The number of carbonyl (C=O) groups excluding carboxylic acids is 1. The zero-order valence-corrected chi connectivity index (χ0v) is 16.6. The molecule has 0 aromatic rings. The van der Waals surface area contributed by atoms with Crippen molar-refractivity contribution in [2.24, 2.45) is 11.8 Å². The van der Waals surface area contributed by atoms with Gasteiger partial charge in [-0.1, -0.05) is 20.8 Å². The van der Waals surface area contributed by atoms with Crippen LogP contribution >= 0.6 is 0 Å². The molecule has 6 nitrogen and oxygen atoms in total. The molecule has 1 fully saturated rings. The largest absolute Gasteiger partial charge is 0.459 e. The van der Waals surface area contributed by atoms with Crippen molar-refractivity contribution < 1.29 is 24.9 Å². The molecule has 0 aromatic heterocycles. The lowest BCUT2D eigenvalue weighted by Crippen LogP contribution is -2.58.